The average molecular weight is 403 g/mol. The van der Waals surface area contributed by atoms with Crippen molar-refractivity contribution in [3.63, 3.8) is 0 Å². The number of rotatable bonds is 3. The van der Waals surface area contributed by atoms with Crippen LogP contribution in [0.2, 0.25) is 0 Å². The van der Waals surface area contributed by atoms with Crippen LogP contribution in [0.1, 0.15) is 11.4 Å². The number of hydrogen-bond acceptors (Lipinski definition) is 3. The maximum absolute atomic E-state index is 13.8. The summed E-state index contributed by atoms with van der Waals surface area (Å²) in [5.41, 5.74) is 1.36. The minimum absolute atomic E-state index is 0.276. The van der Waals surface area contributed by atoms with Crippen molar-refractivity contribution in [1.82, 2.24) is 14.6 Å². The number of halogens is 4. The zero-order valence-corrected chi connectivity index (χ0v) is 14.5. The molecule has 0 amide bonds. The lowest BCUT2D eigenvalue weighted by Gasteiger charge is -2.12. The molecule has 23 heavy (non-hydrogen) atoms. The summed E-state index contributed by atoms with van der Waals surface area (Å²) >= 11 is 8.58. The Morgan fingerprint density at radius 3 is 2.70 bits per heavy atom. The van der Waals surface area contributed by atoms with Gasteiger partial charge in [-0.25, -0.2) is 9.50 Å². The molecule has 0 atom stereocenters. The van der Waals surface area contributed by atoms with E-state index in [1.165, 1.54) is 13.2 Å². The van der Waals surface area contributed by atoms with E-state index in [2.05, 4.69) is 26.0 Å². The van der Waals surface area contributed by atoms with Gasteiger partial charge in [-0.05, 0) is 52.7 Å². The Hall–Kier alpha value is -1.73. The van der Waals surface area contributed by atoms with Gasteiger partial charge in [-0.2, -0.15) is 13.9 Å². The predicted octanol–water partition coefficient (Wildman–Crippen LogP) is 4.76. The van der Waals surface area contributed by atoms with Gasteiger partial charge in [-0.3, -0.25) is 0 Å². The number of aromatic nitrogens is 3. The highest BCUT2D eigenvalue weighted by molar-refractivity contribution is 9.10. The maximum Gasteiger partial charge on any atom is 0.364 e. The molecule has 0 saturated heterocycles. The van der Waals surface area contributed by atoms with E-state index in [1.54, 1.807) is 31.2 Å². The van der Waals surface area contributed by atoms with Crippen LogP contribution in [0.3, 0.4) is 0 Å². The van der Waals surface area contributed by atoms with Crippen molar-refractivity contribution < 1.29 is 13.5 Å². The van der Waals surface area contributed by atoms with Crippen molar-refractivity contribution in [2.45, 2.75) is 12.3 Å². The van der Waals surface area contributed by atoms with E-state index in [0.717, 1.165) is 4.52 Å². The summed E-state index contributed by atoms with van der Waals surface area (Å²) in [5, 5.41) is 0.489. The molecular formula is C15H11BrClF2N3O. The molecule has 0 N–H and O–H groups in total. The van der Waals surface area contributed by atoms with Crippen molar-refractivity contribution in [3.8, 4) is 17.0 Å². The molecule has 8 heteroatoms. The number of alkyl halides is 3. The lowest BCUT2D eigenvalue weighted by Crippen LogP contribution is -2.12. The Morgan fingerprint density at radius 1 is 1.30 bits per heavy atom. The summed E-state index contributed by atoms with van der Waals surface area (Å²) in [7, 11) is 1.53. The smallest absolute Gasteiger partial charge is 0.364 e. The van der Waals surface area contributed by atoms with Crippen LogP contribution in [0.4, 0.5) is 8.78 Å². The molecule has 0 aliphatic carbocycles. The summed E-state index contributed by atoms with van der Waals surface area (Å²) in [5.74, 6) is 0.604. The van der Waals surface area contributed by atoms with Crippen LogP contribution in [0, 0.1) is 6.92 Å². The van der Waals surface area contributed by atoms with E-state index < -0.39 is 11.1 Å². The Labute approximate surface area is 144 Å². The molecule has 2 heterocycles. The first kappa shape index (κ1) is 16.1. The third-order valence-electron chi connectivity index (χ3n) is 3.35. The zero-order chi connectivity index (χ0) is 16.8. The summed E-state index contributed by atoms with van der Waals surface area (Å²) in [4.78, 5) is 4.42. The Bertz CT molecular complexity index is 892. The second-order valence-corrected chi connectivity index (χ2v) is 6.16. The number of aryl methyl sites for hydroxylation is 1. The van der Waals surface area contributed by atoms with E-state index >= 15 is 0 Å². The van der Waals surface area contributed by atoms with E-state index in [0.29, 0.717) is 27.2 Å². The van der Waals surface area contributed by atoms with Crippen molar-refractivity contribution in [2.24, 2.45) is 0 Å². The van der Waals surface area contributed by atoms with Gasteiger partial charge in [0.25, 0.3) is 0 Å². The maximum atomic E-state index is 13.8. The van der Waals surface area contributed by atoms with Gasteiger partial charge in [0, 0.05) is 5.56 Å². The molecule has 0 unspecified atom stereocenters. The highest BCUT2D eigenvalue weighted by Gasteiger charge is 2.33. The SMILES string of the molecule is COc1cccc(-c2cc(C(F)(F)Cl)n3nc(C)c(Br)c3n2)c1. The Morgan fingerprint density at radius 2 is 2.04 bits per heavy atom. The number of methoxy groups -OCH3 is 1. The number of fused-ring (bicyclic) bond motifs is 1. The largest absolute Gasteiger partial charge is 0.497 e. The molecule has 0 spiro atoms. The minimum atomic E-state index is -3.58. The lowest BCUT2D eigenvalue weighted by atomic mass is 10.1. The number of benzene rings is 1. The summed E-state index contributed by atoms with van der Waals surface area (Å²) in [6.07, 6.45) is 0. The first-order valence-electron chi connectivity index (χ1n) is 6.59. The molecule has 4 nitrogen and oxygen atoms in total. The normalized spacial score (nSPS) is 11.9. The van der Waals surface area contributed by atoms with Gasteiger partial charge in [0.05, 0.1) is 23.0 Å². The highest BCUT2D eigenvalue weighted by Crippen LogP contribution is 2.36. The van der Waals surface area contributed by atoms with Crippen LogP contribution in [-0.4, -0.2) is 21.7 Å². The average Bonchev–Trinajstić information content (AvgIpc) is 2.80. The molecule has 0 fully saturated rings. The molecule has 120 valence electrons. The first-order valence-corrected chi connectivity index (χ1v) is 7.76. The van der Waals surface area contributed by atoms with Crippen LogP contribution in [0.15, 0.2) is 34.8 Å². The molecule has 1 aromatic carbocycles. The van der Waals surface area contributed by atoms with Crippen LogP contribution in [-0.2, 0) is 5.38 Å². The van der Waals surface area contributed by atoms with Gasteiger partial charge in [0.1, 0.15) is 11.4 Å². The molecule has 0 radical (unpaired) electrons. The van der Waals surface area contributed by atoms with Gasteiger partial charge in [-0.15, -0.1) is 0 Å². The molecular weight excluding hydrogens is 392 g/mol. The van der Waals surface area contributed by atoms with Crippen molar-refractivity contribution in [2.75, 3.05) is 7.11 Å². The summed E-state index contributed by atoms with van der Waals surface area (Å²) in [6, 6.07) is 8.22. The van der Waals surface area contributed by atoms with Gasteiger partial charge < -0.3 is 4.74 Å². The molecule has 0 aliphatic heterocycles. The second-order valence-electron chi connectivity index (χ2n) is 4.89. The van der Waals surface area contributed by atoms with E-state index in [4.69, 9.17) is 16.3 Å². The van der Waals surface area contributed by atoms with E-state index in [9.17, 15) is 8.78 Å². The van der Waals surface area contributed by atoms with Crippen molar-refractivity contribution in [1.29, 1.82) is 0 Å². The van der Waals surface area contributed by atoms with Gasteiger partial charge in [-0.1, -0.05) is 12.1 Å². The minimum Gasteiger partial charge on any atom is -0.497 e. The molecule has 3 aromatic rings. The quantitative estimate of drug-likeness (QED) is 0.593. The standard InChI is InChI=1S/C15H11BrClF2N3O/c1-8-13(16)14-20-11(9-4-3-5-10(6-9)23-2)7-12(15(17,18)19)22(14)21-8/h3-7H,1-2H3. The topological polar surface area (TPSA) is 39.4 Å². The number of nitrogens with zero attached hydrogens (tertiary/aromatic N) is 3. The molecule has 0 saturated carbocycles. The van der Waals surface area contributed by atoms with Crippen LogP contribution >= 0.6 is 27.5 Å². The molecule has 3 rings (SSSR count). The molecule has 2 aromatic heterocycles. The number of ether oxygens (including phenoxy) is 1. The van der Waals surface area contributed by atoms with Crippen LogP contribution in [0.5, 0.6) is 5.75 Å². The first-order chi connectivity index (χ1) is 10.8. The molecule has 0 aliphatic rings. The van der Waals surface area contributed by atoms with Gasteiger partial charge in [0.15, 0.2) is 5.65 Å². The van der Waals surface area contributed by atoms with E-state index in [1.807, 2.05) is 0 Å². The summed E-state index contributed by atoms with van der Waals surface area (Å²) in [6.45, 7) is 1.69. The fourth-order valence-corrected chi connectivity index (χ4v) is 2.70. The summed E-state index contributed by atoms with van der Waals surface area (Å²) < 4.78 is 34.4. The number of hydrogen-bond donors (Lipinski definition) is 0. The second kappa shape index (κ2) is 5.72. The van der Waals surface area contributed by atoms with Gasteiger partial charge >= 0.3 is 5.38 Å². The monoisotopic (exact) mass is 401 g/mol. The van der Waals surface area contributed by atoms with Crippen LogP contribution in [0.25, 0.3) is 16.9 Å². The third kappa shape index (κ3) is 2.90. The fraction of sp³-hybridized carbons (Fsp3) is 0.200. The zero-order valence-electron chi connectivity index (χ0n) is 12.1. The van der Waals surface area contributed by atoms with Gasteiger partial charge in [0.2, 0.25) is 0 Å². The van der Waals surface area contributed by atoms with Crippen molar-refractivity contribution >= 4 is 33.2 Å². The highest BCUT2D eigenvalue weighted by atomic mass is 79.9. The Balaban J connectivity index is 2.32. The molecule has 0 bridgehead atoms. The van der Waals surface area contributed by atoms with Crippen LogP contribution < -0.4 is 4.74 Å². The Kier molecular flexibility index (Phi) is 4.01. The fourth-order valence-electron chi connectivity index (χ4n) is 2.23. The third-order valence-corrected chi connectivity index (χ3v) is 4.47. The van der Waals surface area contributed by atoms with E-state index in [-0.39, 0.29) is 5.65 Å². The predicted molar refractivity (Wildman–Crippen MR) is 87.2 cm³/mol. The van der Waals surface area contributed by atoms with Crippen molar-refractivity contribution in [3.05, 3.63) is 46.2 Å². The lowest BCUT2D eigenvalue weighted by molar-refractivity contribution is 0.0872.